The van der Waals surface area contributed by atoms with Crippen LogP contribution < -0.4 is 5.32 Å². The summed E-state index contributed by atoms with van der Waals surface area (Å²) in [4.78, 5) is 26.1. The van der Waals surface area contributed by atoms with Crippen LogP contribution in [0.5, 0.6) is 0 Å². The maximum Gasteiger partial charge on any atom is 0.338 e. The van der Waals surface area contributed by atoms with Crippen LogP contribution in [0.25, 0.3) is 5.69 Å². The van der Waals surface area contributed by atoms with Gasteiger partial charge in [-0.2, -0.15) is 5.10 Å². The monoisotopic (exact) mass is 420 g/mol. The average molecular weight is 421 g/mol. The van der Waals surface area contributed by atoms with Crippen LogP contribution in [0.4, 0.5) is 5.69 Å². The molecule has 0 bridgehead atoms. The normalized spacial score (nSPS) is 10.9. The van der Waals surface area contributed by atoms with Gasteiger partial charge in [0.1, 0.15) is 0 Å². The highest BCUT2D eigenvalue weighted by Gasteiger charge is 2.16. The third kappa shape index (κ3) is 5.58. The molecule has 31 heavy (non-hydrogen) atoms. The summed E-state index contributed by atoms with van der Waals surface area (Å²) in [6.45, 7) is 6.96. The van der Waals surface area contributed by atoms with Gasteiger partial charge in [-0.15, -0.1) is 0 Å². The van der Waals surface area contributed by atoms with Gasteiger partial charge in [0.15, 0.2) is 0 Å². The fourth-order valence-corrected chi connectivity index (χ4v) is 3.40. The number of aryl methyl sites for hydroxylation is 1. The topological polar surface area (TPSA) is 76.5 Å². The highest BCUT2D eigenvalue weighted by atomic mass is 16.5. The number of hydrogen-bond acceptors (Lipinski definition) is 5. The lowest BCUT2D eigenvalue weighted by Crippen LogP contribution is -2.30. The van der Waals surface area contributed by atoms with Crippen molar-refractivity contribution in [3.8, 4) is 5.69 Å². The van der Waals surface area contributed by atoms with Gasteiger partial charge in [-0.1, -0.05) is 18.2 Å². The second kappa shape index (κ2) is 10.0. The van der Waals surface area contributed by atoms with Crippen LogP contribution in [0, 0.1) is 13.8 Å². The van der Waals surface area contributed by atoms with E-state index in [4.69, 9.17) is 4.74 Å². The van der Waals surface area contributed by atoms with Crippen molar-refractivity contribution in [1.29, 1.82) is 0 Å². The molecule has 0 saturated heterocycles. The number of carbonyl (C=O) groups excluding carboxylic acids is 2. The van der Waals surface area contributed by atoms with Gasteiger partial charge in [-0.3, -0.25) is 9.69 Å². The summed E-state index contributed by atoms with van der Waals surface area (Å²) < 4.78 is 6.90. The Kier molecular flexibility index (Phi) is 7.20. The predicted molar refractivity (Wildman–Crippen MR) is 120 cm³/mol. The number of benzene rings is 2. The molecule has 0 unspecified atom stereocenters. The zero-order valence-electron chi connectivity index (χ0n) is 18.4. The molecule has 3 rings (SSSR count). The molecule has 0 spiro atoms. The molecule has 0 saturated carbocycles. The van der Waals surface area contributed by atoms with Crippen molar-refractivity contribution < 1.29 is 14.3 Å². The number of para-hydroxylation sites is 1. The number of likely N-dealkylation sites (N-methyl/N-ethyl adjacent to an activating group) is 1. The molecule has 0 fully saturated rings. The molecule has 0 radical (unpaired) electrons. The summed E-state index contributed by atoms with van der Waals surface area (Å²) in [7, 11) is 1.90. The standard InChI is InChI=1S/C24H28N4O3/c1-5-31-24(30)19-11-13-20(14-12-19)25-23(29)16-27(4)15-22-17(2)26-28(18(22)3)21-9-7-6-8-10-21/h6-14H,5,15-16H2,1-4H3,(H,25,29). The van der Waals surface area contributed by atoms with E-state index < -0.39 is 0 Å². The van der Waals surface area contributed by atoms with Gasteiger partial charge < -0.3 is 10.1 Å². The predicted octanol–water partition coefficient (Wildman–Crippen LogP) is 3.74. The molecule has 162 valence electrons. The molecule has 0 atom stereocenters. The Morgan fingerprint density at radius 3 is 2.39 bits per heavy atom. The lowest BCUT2D eigenvalue weighted by Gasteiger charge is -2.17. The number of rotatable bonds is 8. The van der Waals surface area contributed by atoms with Crippen molar-refractivity contribution in [1.82, 2.24) is 14.7 Å². The summed E-state index contributed by atoms with van der Waals surface area (Å²) >= 11 is 0. The first kappa shape index (κ1) is 22.2. The van der Waals surface area contributed by atoms with Crippen molar-refractivity contribution in [3.05, 3.63) is 77.1 Å². The highest BCUT2D eigenvalue weighted by molar-refractivity contribution is 5.94. The molecule has 1 heterocycles. The summed E-state index contributed by atoms with van der Waals surface area (Å²) in [5, 5.41) is 7.53. The number of carbonyl (C=O) groups is 2. The van der Waals surface area contributed by atoms with E-state index in [0.29, 0.717) is 24.4 Å². The number of ether oxygens (including phenoxy) is 1. The molecule has 0 aliphatic carbocycles. The maximum atomic E-state index is 12.5. The summed E-state index contributed by atoms with van der Waals surface area (Å²) in [6, 6.07) is 16.7. The first-order chi connectivity index (χ1) is 14.9. The molecule has 1 amide bonds. The van der Waals surface area contributed by atoms with Gasteiger partial charge in [0.25, 0.3) is 0 Å². The quantitative estimate of drug-likeness (QED) is 0.562. The Balaban J connectivity index is 1.60. The maximum absolute atomic E-state index is 12.5. The average Bonchev–Trinajstić information content (AvgIpc) is 3.03. The Hall–Kier alpha value is -3.45. The minimum absolute atomic E-state index is 0.128. The first-order valence-corrected chi connectivity index (χ1v) is 10.2. The van der Waals surface area contributed by atoms with Gasteiger partial charge in [-0.05, 0) is 64.2 Å². The molecule has 2 aromatic carbocycles. The fourth-order valence-electron chi connectivity index (χ4n) is 3.40. The number of anilines is 1. The van der Waals surface area contributed by atoms with Crippen molar-refractivity contribution in [2.75, 3.05) is 25.5 Å². The van der Waals surface area contributed by atoms with Gasteiger partial charge in [-0.25, -0.2) is 9.48 Å². The van der Waals surface area contributed by atoms with Crippen LogP contribution in [0.1, 0.15) is 34.2 Å². The van der Waals surface area contributed by atoms with Crippen LogP contribution >= 0.6 is 0 Å². The van der Waals surface area contributed by atoms with Gasteiger partial charge in [0, 0.05) is 23.5 Å². The molecule has 3 aromatic rings. The van der Waals surface area contributed by atoms with Gasteiger partial charge >= 0.3 is 5.97 Å². The summed E-state index contributed by atoms with van der Waals surface area (Å²) in [5.41, 5.74) is 5.22. The molecular weight excluding hydrogens is 392 g/mol. The summed E-state index contributed by atoms with van der Waals surface area (Å²) in [6.07, 6.45) is 0. The van der Waals surface area contributed by atoms with Crippen molar-refractivity contribution >= 4 is 17.6 Å². The molecule has 7 nitrogen and oxygen atoms in total. The van der Waals surface area contributed by atoms with Crippen molar-refractivity contribution in [2.24, 2.45) is 0 Å². The number of amides is 1. The Morgan fingerprint density at radius 2 is 1.74 bits per heavy atom. The molecule has 0 aliphatic rings. The lowest BCUT2D eigenvalue weighted by molar-refractivity contribution is -0.117. The number of aromatic nitrogens is 2. The Bertz CT molecular complexity index is 1040. The Morgan fingerprint density at radius 1 is 1.06 bits per heavy atom. The van der Waals surface area contributed by atoms with E-state index >= 15 is 0 Å². The van der Waals surface area contributed by atoms with E-state index in [-0.39, 0.29) is 18.4 Å². The molecule has 1 N–H and O–H groups in total. The number of nitrogens with zero attached hydrogens (tertiary/aromatic N) is 3. The smallest absolute Gasteiger partial charge is 0.338 e. The first-order valence-electron chi connectivity index (χ1n) is 10.2. The minimum Gasteiger partial charge on any atom is -0.462 e. The summed E-state index contributed by atoms with van der Waals surface area (Å²) in [5.74, 6) is -0.501. The zero-order chi connectivity index (χ0) is 22.4. The molecule has 1 aromatic heterocycles. The van der Waals surface area contributed by atoms with Crippen molar-refractivity contribution in [3.63, 3.8) is 0 Å². The largest absolute Gasteiger partial charge is 0.462 e. The fraction of sp³-hybridized carbons (Fsp3) is 0.292. The van der Waals surface area contributed by atoms with E-state index in [1.54, 1.807) is 31.2 Å². The number of esters is 1. The molecule has 0 aliphatic heterocycles. The van der Waals surface area contributed by atoms with E-state index in [2.05, 4.69) is 10.4 Å². The zero-order valence-corrected chi connectivity index (χ0v) is 18.4. The third-order valence-electron chi connectivity index (χ3n) is 4.96. The third-order valence-corrected chi connectivity index (χ3v) is 4.96. The van der Waals surface area contributed by atoms with Crippen LogP contribution in [-0.4, -0.2) is 46.8 Å². The van der Waals surface area contributed by atoms with E-state index in [1.165, 1.54) is 0 Å². The Labute approximate surface area is 182 Å². The van der Waals surface area contributed by atoms with Crippen LogP contribution in [0.15, 0.2) is 54.6 Å². The van der Waals surface area contributed by atoms with E-state index in [9.17, 15) is 9.59 Å². The highest BCUT2D eigenvalue weighted by Crippen LogP contribution is 2.19. The minimum atomic E-state index is -0.373. The van der Waals surface area contributed by atoms with E-state index in [0.717, 1.165) is 22.6 Å². The SMILES string of the molecule is CCOC(=O)c1ccc(NC(=O)CN(C)Cc2c(C)nn(-c3ccccc3)c2C)cc1. The van der Waals surface area contributed by atoms with Crippen molar-refractivity contribution in [2.45, 2.75) is 27.3 Å². The van der Waals surface area contributed by atoms with Crippen LogP contribution in [-0.2, 0) is 16.1 Å². The van der Waals surface area contributed by atoms with Crippen LogP contribution in [0.3, 0.4) is 0 Å². The lowest BCUT2D eigenvalue weighted by atomic mass is 10.2. The second-order valence-corrected chi connectivity index (χ2v) is 7.42. The van der Waals surface area contributed by atoms with E-state index in [1.807, 2.05) is 60.8 Å². The molecular formula is C24H28N4O3. The molecule has 7 heteroatoms. The number of hydrogen-bond donors (Lipinski definition) is 1. The van der Waals surface area contributed by atoms with Gasteiger partial charge in [0.2, 0.25) is 5.91 Å². The van der Waals surface area contributed by atoms with Gasteiger partial charge in [0.05, 0.1) is 30.1 Å². The van der Waals surface area contributed by atoms with Crippen LogP contribution in [0.2, 0.25) is 0 Å². The number of nitrogens with one attached hydrogen (secondary N) is 1. The second-order valence-electron chi connectivity index (χ2n) is 7.42.